The highest BCUT2D eigenvalue weighted by Crippen LogP contribution is 2.14. The fraction of sp³-hybridized carbons (Fsp3) is 0.300. The maximum atomic E-state index is 11.4. The van der Waals surface area contributed by atoms with Crippen LogP contribution in [0, 0.1) is 0 Å². The lowest BCUT2D eigenvalue weighted by Crippen LogP contribution is -2.18. The molecule has 0 atom stereocenters. The first-order valence-corrected chi connectivity index (χ1v) is 6.41. The summed E-state index contributed by atoms with van der Waals surface area (Å²) in [6.45, 7) is 0.242. The fourth-order valence-corrected chi connectivity index (χ4v) is 1.59. The number of carbonyl (C=O) groups excluding carboxylic acids is 1. The molecule has 5 nitrogen and oxygen atoms in total. The lowest BCUT2D eigenvalue weighted by molar-refractivity contribution is 0.0993. The number of ketones is 1. The third-order valence-electron chi connectivity index (χ3n) is 1.76. The van der Waals surface area contributed by atoms with E-state index in [0.717, 1.165) is 6.26 Å². The van der Waals surface area contributed by atoms with Crippen molar-refractivity contribution in [2.24, 2.45) is 0 Å². The third kappa shape index (κ3) is 4.00. The Morgan fingerprint density at radius 1 is 1.31 bits per heavy atom. The van der Waals surface area contributed by atoms with Gasteiger partial charge in [-0.05, 0) is 31.3 Å². The van der Waals surface area contributed by atoms with E-state index in [1.165, 1.54) is 24.3 Å². The molecule has 0 amide bonds. The van der Waals surface area contributed by atoms with Crippen LogP contribution in [0.4, 0.5) is 0 Å². The summed E-state index contributed by atoms with van der Waals surface area (Å²) in [5.74, 6) is 0.136. The Morgan fingerprint density at radius 3 is 2.31 bits per heavy atom. The quantitative estimate of drug-likeness (QED) is 0.599. The third-order valence-corrected chi connectivity index (χ3v) is 2.26. The molecule has 0 saturated carbocycles. The Hall–Kier alpha value is -1.40. The average Bonchev–Trinajstić information content (AvgIpc) is 2.16. The van der Waals surface area contributed by atoms with Crippen molar-refractivity contribution in [3.63, 3.8) is 0 Å². The number of hydrogen-bond acceptors (Lipinski definition) is 5. The summed E-state index contributed by atoms with van der Waals surface area (Å²) in [4.78, 5) is 11.4. The molecule has 1 aromatic carbocycles. The fourth-order valence-electron chi connectivity index (χ4n) is 1.13. The van der Waals surface area contributed by atoms with Gasteiger partial charge in [0, 0.05) is 5.56 Å². The molecule has 0 saturated heterocycles. The number of Topliss-reactive ketones (excluding diaryl/α,β-unsaturated/α-hetero) is 1. The number of carbonyl (C=O) groups is 1. The van der Waals surface area contributed by atoms with Crippen LogP contribution in [0.1, 0.15) is 10.4 Å². The van der Waals surface area contributed by atoms with Crippen LogP contribution in [0.25, 0.3) is 0 Å². The largest absolute Gasteiger partial charge is 0.383 e. The molecule has 0 aliphatic carbocycles. The Kier molecular flexibility index (Phi) is 4.03. The Morgan fingerprint density at radius 2 is 1.88 bits per heavy atom. The second kappa shape index (κ2) is 5.09. The van der Waals surface area contributed by atoms with Crippen LogP contribution in [0.3, 0.4) is 0 Å². The predicted molar refractivity (Wildman–Crippen MR) is 60.2 cm³/mol. The van der Waals surface area contributed by atoms with E-state index in [9.17, 15) is 13.2 Å². The van der Waals surface area contributed by atoms with Crippen LogP contribution in [0.2, 0.25) is 0 Å². The lowest BCUT2D eigenvalue weighted by atomic mass is 10.1. The maximum Gasteiger partial charge on any atom is 0.306 e. The second-order valence-corrected chi connectivity index (χ2v) is 4.84. The Labute approximate surface area is 94.6 Å². The van der Waals surface area contributed by atoms with Gasteiger partial charge < -0.3 is 9.50 Å². The molecule has 0 aromatic heterocycles. The molecule has 0 spiro atoms. The summed E-state index contributed by atoms with van der Waals surface area (Å²) in [6, 6.07) is 5.95. The van der Waals surface area contributed by atoms with Gasteiger partial charge in [-0.3, -0.25) is 4.79 Å². The van der Waals surface area contributed by atoms with Crippen LogP contribution in [0.15, 0.2) is 24.3 Å². The van der Waals surface area contributed by atoms with Gasteiger partial charge in [-0.15, -0.1) is 0 Å². The highest BCUT2D eigenvalue weighted by molar-refractivity contribution is 7.86. The van der Waals surface area contributed by atoms with Crippen LogP contribution in [0.5, 0.6) is 5.75 Å². The first kappa shape index (κ1) is 12.7. The van der Waals surface area contributed by atoms with Crippen molar-refractivity contribution in [3.05, 3.63) is 29.8 Å². The summed E-state index contributed by atoms with van der Waals surface area (Å²) in [7, 11) is -1.84. The van der Waals surface area contributed by atoms with Crippen molar-refractivity contribution in [1.82, 2.24) is 5.32 Å². The molecule has 0 aliphatic rings. The predicted octanol–water partition coefficient (Wildman–Crippen LogP) is 0.427. The molecule has 0 heterocycles. The van der Waals surface area contributed by atoms with Crippen LogP contribution in [-0.4, -0.2) is 34.0 Å². The topological polar surface area (TPSA) is 72.5 Å². The molecule has 1 rings (SSSR count). The van der Waals surface area contributed by atoms with Crippen LogP contribution >= 0.6 is 0 Å². The molecule has 0 unspecified atom stereocenters. The van der Waals surface area contributed by atoms with E-state index in [4.69, 9.17) is 0 Å². The number of rotatable bonds is 5. The highest BCUT2D eigenvalue weighted by Gasteiger charge is 2.07. The van der Waals surface area contributed by atoms with E-state index in [-0.39, 0.29) is 18.1 Å². The monoisotopic (exact) mass is 243 g/mol. The summed E-state index contributed by atoms with van der Waals surface area (Å²) in [5, 5.41) is 2.74. The standard InChI is InChI=1S/C10H13NO4S/c1-11-7-10(12)8-3-5-9(6-4-8)15-16(2,13)14/h3-6,11H,7H2,1-2H3. The number of likely N-dealkylation sites (N-methyl/N-ethyl adjacent to an activating group) is 1. The Balaban J connectivity index is 2.79. The van der Waals surface area contributed by atoms with Gasteiger partial charge in [0.25, 0.3) is 0 Å². The zero-order valence-corrected chi connectivity index (χ0v) is 9.87. The van der Waals surface area contributed by atoms with Crippen molar-refractivity contribution in [2.45, 2.75) is 0 Å². The van der Waals surface area contributed by atoms with Gasteiger partial charge in [0.1, 0.15) is 5.75 Å². The summed E-state index contributed by atoms with van der Waals surface area (Å²) in [5.41, 5.74) is 0.509. The molecule has 0 aliphatic heterocycles. The number of hydrogen-bond donors (Lipinski definition) is 1. The minimum Gasteiger partial charge on any atom is -0.383 e. The van der Waals surface area contributed by atoms with Gasteiger partial charge in [-0.1, -0.05) is 0 Å². The van der Waals surface area contributed by atoms with Crippen LogP contribution in [-0.2, 0) is 10.1 Å². The van der Waals surface area contributed by atoms with E-state index >= 15 is 0 Å². The molecular formula is C10H13NO4S. The maximum absolute atomic E-state index is 11.4. The molecule has 0 fully saturated rings. The van der Waals surface area contributed by atoms with Crippen molar-refractivity contribution >= 4 is 15.9 Å². The van der Waals surface area contributed by atoms with Gasteiger partial charge in [-0.25, -0.2) is 0 Å². The zero-order chi connectivity index (χ0) is 12.2. The van der Waals surface area contributed by atoms with E-state index in [1.807, 2.05) is 0 Å². The Bertz CT molecular complexity index is 464. The van der Waals surface area contributed by atoms with E-state index in [1.54, 1.807) is 7.05 Å². The normalized spacial score (nSPS) is 11.1. The summed E-state index contributed by atoms with van der Waals surface area (Å²) >= 11 is 0. The lowest BCUT2D eigenvalue weighted by Gasteiger charge is -2.04. The van der Waals surface area contributed by atoms with E-state index in [0.29, 0.717) is 5.56 Å². The smallest absolute Gasteiger partial charge is 0.306 e. The van der Waals surface area contributed by atoms with Gasteiger partial charge in [-0.2, -0.15) is 8.42 Å². The minimum absolute atomic E-state index is 0.0617. The highest BCUT2D eigenvalue weighted by atomic mass is 32.2. The van der Waals surface area contributed by atoms with Crippen molar-refractivity contribution in [3.8, 4) is 5.75 Å². The first-order chi connectivity index (χ1) is 7.42. The summed E-state index contributed by atoms with van der Waals surface area (Å²) in [6.07, 6.45) is 0.965. The van der Waals surface area contributed by atoms with E-state index < -0.39 is 10.1 Å². The number of benzene rings is 1. The molecule has 6 heteroatoms. The average molecular weight is 243 g/mol. The SMILES string of the molecule is CNCC(=O)c1ccc(OS(C)(=O)=O)cc1. The van der Waals surface area contributed by atoms with Crippen molar-refractivity contribution < 1.29 is 17.4 Å². The molecule has 0 bridgehead atoms. The van der Waals surface area contributed by atoms with E-state index in [2.05, 4.69) is 9.50 Å². The minimum atomic E-state index is -3.52. The second-order valence-electron chi connectivity index (χ2n) is 3.27. The van der Waals surface area contributed by atoms with Gasteiger partial charge in [0.15, 0.2) is 5.78 Å². The number of nitrogens with one attached hydrogen (secondary N) is 1. The molecular weight excluding hydrogens is 230 g/mol. The molecule has 0 radical (unpaired) electrons. The molecule has 88 valence electrons. The molecule has 16 heavy (non-hydrogen) atoms. The summed E-state index contributed by atoms with van der Waals surface area (Å²) < 4.78 is 26.3. The van der Waals surface area contributed by atoms with Crippen LogP contribution < -0.4 is 9.50 Å². The van der Waals surface area contributed by atoms with Gasteiger partial charge in [0.05, 0.1) is 12.8 Å². The van der Waals surface area contributed by atoms with Gasteiger partial charge >= 0.3 is 10.1 Å². The van der Waals surface area contributed by atoms with Gasteiger partial charge in [0.2, 0.25) is 0 Å². The van der Waals surface area contributed by atoms with Crippen molar-refractivity contribution in [1.29, 1.82) is 0 Å². The molecule has 1 N–H and O–H groups in total. The van der Waals surface area contributed by atoms with Crippen molar-refractivity contribution in [2.75, 3.05) is 19.8 Å². The molecule has 1 aromatic rings. The first-order valence-electron chi connectivity index (χ1n) is 4.59. The zero-order valence-electron chi connectivity index (χ0n) is 9.06.